The summed E-state index contributed by atoms with van der Waals surface area (Å²) in [6.45, 7) is 4.30. The first-order valence-electron chi connectivity index (χ1n) is 10.9. The van der Waals surface area contributed by atoms with Gasteiger partial charge in [-0.05, 0) is 54.4 Å². The summed E-state index contributed by atoms with van der Waals surface area (Å²) in [6, 6.07) is 12.9. The molecule has 1 heterocycles. The average molecular weight is 512 g/mol. The molecule has 0 aliphatic carbocycles. The number of aromatic carboxylic acids is 1. The van der Waals surface area contributed by atoms with Crippen molar-refractivity contribution in [3.8, 4) is 5.75 Å². The van der Waals surface area contributed by atoms with Gasteiger partial charge in [-0.2, -0.15) is 10.2 Å². The Bertz CT molecular complexity index is 1370. The van der Waals surface area contributed by atoms with Gasteiger partial charge in [0.25, 0.3) is 10.0 Å². The lowest BCUT2D eigenvalue weighted by Gasteiger charge is -2.10. The second-order valence-electron chi connectivity index (χ2n) is 8.20. The number of aromatic nitrogens is 1. The van der Waals surface area contributed by atoms with Crippen LogP contribution in [0, 0.1) is 5.92 Å². The largest absolute Gasteiger partial charge is 0.507 e. The van der Waals surface area contributed by atoms with Gasteiger partial charge >= 0.3 is 5.97 Å². The lowest BCUT2D eigenvalue weighted by atomic mass is 10.0. The summed E-state index contributed by atoms with van der Waals surface area (Å²) in [7, 11) is -3.86. The number of azo groups is 1. The van der Waals surface area contributed by atoms with Gasteiger partial charge in [0.05, 0.1) is 22.7 Å². The standard InChI is InChI=1S/C24H25N5O6S/c1-15(2)14-26-22(30)12-16-11-18(13-20(23(16)31)24(32)33)28-27-17-6-8-19(9-7-17)36(34,35)29-21-5-3-4-10-25-21/h3-11,13,15,31H,12,14H2,1-2H3,(H,25,29)(H,26,30)(H,32,33). The number of amides is 1. The van der Waals surface area contributed by atoms with Gasteiger partial charge in [-0.25, -0.2) is 18.2 Å². The molecule has 0 bridgehead atoms. The maximum atomic E-state index is 12.5. The summed E-state index contributed by atoms with van der Waals surface area (Å²) >= 11 is 0. The number of benzene rings is 2. The number of sulfonamides is 1. The Balaban J connectivity index is 1.80. The second kappa shape index (κ2) is 11.4. The molecule has 0 saturated heterocycles. The molecule has 188 valence electrons. The van der Waals surface area contributed by atoms with Crippen molar-refractivity contribution in [1.82, 2.24) is 10.3 Å². The number of carboxylic acids is 1. The van der Waals surface area contributed by atoms with Gasteiger partial charge in [0, 0.05) is 18.3 Å². The number of rotatable bonds is 10. The van der Waals surface area contributed by atoms with Crippen molar-refractivity contribution < 1.29 is 28.2 Å². The molecular formula is C24H25N5O6S. The van der Waals surface area contributed by atoms with E-state index in [1.54, 1.807) is 12.1 Å². The van der Waals surface area contributed by atoms with Gasteiger partial charge in [-0.3, -0.25) is 9.52 Å². The topological polar surface area (TPSA) is 170 Å². The molecule has 1 aromatic heterocycles. The molecule has 4 N–H and O–H groups in total. The summed E-state index contributed by atoms with van der Waals surface area (Å²) in [4.78, 5) is 27.7. The Hall–Kier alpha value is -4.32. The van der Waals surface area contributed by atoms with Crippen LogP contribution in [0.3, 0.4) is 0 Å². The number of carboxylic acid groups (broad SMARTS) is 1. The fourth-order valence-electron chi connectivity index (χ4n) is 3.01. The second-order valence-corrected chi connectivity index (χ2v) is 9.88. The summed E-state index contributed by atoms with van der Waals surface area (Å²) in [5, 5.41) is 30.5. The van der Waals surface area contributed by atoms with E-state index in [0.29, 0.717) is 12.2 Å². The zero-order valence-electron chi connectivity index (χ0n) is 19.5. The van der Waals surface area contributed by atoms with E-state index in [1.165, 1.54) is 42.6 Å². The molecule has 0 aliphatic heterocycles. The third-order valence-electron chi connectivity index (χ3n) is 4.79. The molecule has 36 heavy (non-hydrogen) atoms. The van der Waals surface area contributed by atoms with E-state index in [1.807, 2.05) is 13.8 Å². The zero-order chi connectivity index (χ0) is 26.3. The minimum Gasteiger partial charge on any atom is -0.507 e. The van der Waals surface area contributed by atoms with Gasteiger partial charge in [-0.1, -0.05) is 19.9 Å². The monoisotopic (exact) mass is 511 g/mol. The Morgan fingerprint density at radius 2 is 1.72 bits per heavy atom. The normalized spacial score (nSPS) is 11.5. The number of phenols is 1. The molecule has 1 amide bonds. The highest BCUT2D eigenvalue weighted by molar-refractivity contribution is 7.92. The molecule has 0 unspecified atom stereocenters. The molecule has 3 rings (SSSR count). The zero-order valence-corrected chi connectivity index (χ0v) is 20.4. The molecule has 0 aliphatic rings. The van der Waals surface area contributed by atoms with Gasteiger partial charge in [0.2, 0.25) is 5.91 Å². The third-order valence-corrected chi connectivity index (χ3v) is 6.16. The number of nitrogens with zero attached hydrogens (tertiary/aromatic N) is 3. The van der Waals surface area contributed by atoms with Crippen molar-refractivity contribution in [3.63, 3.8) is 0 Å². The Kier molecular flexibility index (Phi) is 8.33. The molecule has 0 saturated carbocycles. The van der Waals surface area contributed by atoms with Crippen molar-refractivity contribution in [2.45, 2.75) is 25.2 Å². The number of hydrogen-bond donors (Lipinski definition) is 4. The number of carbonyl (C=O) groups excluding carboxylic acids is 1. The third kappa shape index (κ3) is 7.09. The van der Waals surface area contributed by atoms with Crippen LogP contribution in [0.1, 0.15) is 29.8 Å². The van der Waals surface area contributed by atoms with Crippen LogP contribution in [0.2, 0.25) is 0 Å². The number of aromatic hydroxyl groups is 1. The van der Waals surface area contributed by atoms with Crippen molar-refractivity contribution in [1.29, 1.82) is 0 Å². The van der Waals surface area contributed by atoms with Crippen LogP contribution >= 0.6 is 0 Å². The van der Waals surface area contributed by atoms with Crippen molar-refractivity contribution in [2.75, 3.05) is 11.3 Å². The predicted octanol–water partition coefficient (Wildman–Crippen LogP) is 4.02. The Morgan fingerprint density at radius 3 is 2.33 bits per heavy atom. The maximum Gasteiger partial charge on any atom is 0.339 e. The first-order valence-corrected chi connectivity index (χ1v) is 12.3. The van der Waals surface area contributed by atoms with E-state index in [0.717, 1.165) is 6.07 Å². The fraction of sp³-hybridized carbons (Fsp3) is 0.208. The number of carbonyl (C=O) groups is 2. The summed E-state index contributed by atoms with van der Waals surface area (Å²) in [6.07, 6.45) is 1.22. The number of pyridine rings is 1. The summed E-state index contributed by atoms with van der Waals surface area (Å²) in [5.74, 6) is -1.87. The lowest BCUT2D eigenvalue weighted by Crippen LogP contribution is -2.28. The van der Waals surface area contributed by atoms with Crippen LogP contribution in [0.25, 0.3) is 0 Å². The van der Waals surface area contributed by atoms with Crippen LogP contribution in [-0.4, -0.2) is 42.0 Å². The van der Waals surface area contributed by atoms with Crippen molar-refractivity contribution in [3.05, 3.63) is 71.9 Å². The average Bonchev–Trinajstić information content (AvgIpc) is 2.83. The molecule has 3 aromatic rings. The summed E-state index contributed by atoms with van der Waals surface area (Å²) in [5.41, 5.74) is 0.0747. The summed E-state index contributed by atoms with van der Waals surface area (Å²) < 4.78 is 27.4. The van der Waals surface area contributed by atoms with Crippen LogP contribution in [-0.2, 0) is 21.2 Å². The van der Waals surface area contributed by atoms with Crippen LogP contribution in [0.5, 0.6) is 5.75 Å². The molecule has 2 aromatic carbocycles. The molecule has 0 radical (unpaired) electrons. The van der Waals surface area contributed by atoms with E-state index in [9.17, 15) is 28.2 Å². The van der Waals surface area contributed by atoms with E-state index in [4.69, 9.17) is 0 Å². The fourth-order valence-corrected chi connectivity index (χ4v) is 4.02. The van der Waals surface area contributed by atoms with E-state index < -0.39 is 27.3 Å². The molecule has 0 fully saturated rings. The number of hydrogen-bond acceptors (Lipinski definition) is 8. The minimum atomic E-state index is -3.86. The molecule has 0 atom stereocenters. The van der Waals surface area contributed by atoms with E-state index in [-0.39, 0.29) is 40.2 Å². The SMILES string of the molecule is CC(C)CNC(=O)Cc1cc(N=Nc2ccc(S(=O)(=O)Nc3ccccn3)cc2)cc(C(=O)O)c1O. The molecule has 0 spiro atoms. The number of anilines is 1. The Labute approximate surface area is 208 Å². The Morgan fingerprint density at radius 1 is 1.03 bits per heavy atom. The molecule has 12 heteroatoms. The quantitative estimate of drug-likeness (QED) is 0.298. The van der Waals surface area contributed by atoms with E-state index >= 15 is 0 Å². The number of nitrogens with one attached hydrogen (secondary N) is 2. The minimum absolute atomic E-state index is 0.0143. The van der Waals surface area contributed by atoms with Gasteiger partial charge in [0.1, 0.15) is 17.1 Å². The van der Waals surface area contributed by atoms with Crippen LogP contribution < -0.4 is 10.0 Å². The van der Waals surface area contributed by atoms with Gasteiger partial charge in [-0.15, -0.1) is 0 Å². The van der Waals surface area contributed by atoms with Gasteiger partial charge in [0.15, 0.2) is 0 Å². The lowest BCUT2D eigenvalue weighted by molar-refractivity contribution is -0.120. The van der Waals surface area contributed by atoms with Gasteiger partial charge < -0.3 is 15.5 Å². The smallest absolute Gasteiger partial charge is 0.339 e. The van der Waals surface area contributed by atoms with Crippen LogP contribution in [0.15, 0.2) is 75.9 Å². The molecule has 11 nitrogen and oxygen atoms in total. The first-order chi connectivity index (χ1) is 17.0. The molecular weight excluding hydrogens is 486 g/mol. The van der Waals surface area contributed by atoms with E-state index in [2.05, 4.69) is 25.3 Å². The van der Waals surface area contributed by atoms with Crippen molar-refractivity contribution in [2.24, 2.45) is 16.1 Å². The predicted molar refractivity (Wildman–Crippen MR) is 132 cm³/mol. The maximum absolute atomic E-state index is 12.5. The highest BCUT2D eigenvalue weighted by atomic mass is 32.2. The van der Waals surface area contributed by atoms with Crippen molar-refractivity contribution >= 4 is 39.1 Å². The highest BCUT2D eigenvalue weighted by Gasteiger charge is 2.18. The highest BCUT2D eigenvalue weighted by Crippen LogP contribution is 2.30. The van der Waals surface area contributed by atoms with Crippen LogP contribution in [0.4, 0.5) is 17.2 Å². The first kappa shape index (κ1) is 26.3.